The molecule has 5 N–H and O–H groups in total. The van der Waals surface area contributed by atoms with Crippen molar-refractivity contribution in [1.29, 1.82) is 0 Å². The number of carbonyl (C=O) groups is 1. The highest BCUT2D eigenvalue weighted by Crippen LogP contribution is 2.42. The van der Waals surface area contributed by atoms with Crippen LogP contribution in [0.3, 0.4) is 0 Å². The highest BCUT2D eigenvalue weighted by atomic mass is 16.3. The van der Waals surface area contributed by atoms with E-state index < -0.39 is 6.03 Å². The van der Waals surface area contributed by atoms with Crippen LogP contribution < -0.4 is 16.0 Å². The number of nitrogens with zero attached hydrogens (tertiary/aromatic N) is 2. The zero-order valence-corrected chi connectivity index (χ0v) is 22.4. The maximum atomic E-state index is 12.3. The van der Waals surface area contributed by atoms with Gasteiger partial charge >= 0.3 is 6.03 Å². The molecule has 4 aromatic carbocycles. The quantitative estimate of drug-likeness (QED) is 0.0982. The lowest BCUT2D eigenvalue weighted by Crippen LogP contribution is -2.19. The molecule has 0 atom stereocenters. The number of aromatic hydroxyl groups is 2. The molecule has 2 amide bonds. The van der Waals surface area contributed by atoms with Crippen LogP contribution in [0.15, 0.2) is 114 Å². The number of hydrogen-bond donors (Lipinski definition) is 5. The molecule has 0 radical (unpaired) electrons. The first-order valence-corrected chi connectivity index (χ1v) is 13.4. The second-order valence-electron chi connectivity index (χ2n) is 9.60. The van der Waals surface area contributed by atoms with Crippen LogP contribution >= 0.6 is 0 Å². The van der Waals surface area contributed by atoms with Crippen molar-refractivity contribution < 1.29 is 19.4 Å². The fraction of sp³-hybridized carbons (Fsp3) is 0.0606. The summed E-state index contributed by atoms with van der Waals surface area (Å²) >= 11 is 0. The molecule has 0 unspecified atom stereocenters. The van der Waals surface area contributed by atoms with Gasteiger partial charge in [-0.05, 0) is 41.8 Å². The third kappa shape index (κ3) is 5.71. The summed E-state index contributed by atoms with van der Waals surface area (Å²) in [7, 11) is 0. The van der Waals surface area contributed by atoms with Crippen LogP contribution in [0.5, 0.6) is 11.5 Å². The van der Waals surface area contributed by atoms with E-state index in [2.05, 4.69) is 38.1 Å². The van der Waals surface area contributed by atoms with Crippen LogP contribution in [0.2, 0.25) is 0 Å². The van der Waals surface area contributed by atoms with Crippen LogP contribution in [0.25, 0.3) is 33.6 Å². The zero-order valence-electron chi connectivity index (χ0n) is 22.4. The van der Waals surface area contributed by atoms with Gasteiger partial charge in [-0.15, -0.1) is 0 Å². The molecule has 2 heterocycles. The van der Waals surface area contributed by atoms with Gasteiger partial charge in [0.2, 0.25) is 5.71 Å². The van der Waals surface area contributed by atoms with Gasteiger partial charge in [-0.1, -0.05) is 72.8 Å². The number of aromatic nitrogens is 2. The van der Waals surface area contributed by atoms with E-state index in [0.29, 0.717) is 29.5 Å². The molecule has 9 heteroatoms. The summed E-state index contributed by atoms with van der Waals surface area (Å²) in [5.41, 5.74) is 5.48. The van der Waals surface area contributed by atoms with E-state index in [1.54, 1.807) is 0 Å². The molecule has 42 heavy (non-hydrogen) atoms. The molecule has 6 rings (SSSR count). The van der Waals surface area contributed by atoms with Crippen molar-refractivity contribution in [3.63, 3.8) is 0 Å². The number of phenolic OH excluding ortho intramolecular Hbond substituents is 2. The fourth-order valence-electron chi connectivity index (χ4n) is 4.72. The average molecular weight is 558 g/mol. The van der Waals surface area contributed by atoms with E-state index in [1.165, 1.54) is 24.5 Å². The normalized spacial score (nSPS) is 10.9. The minimum atomic E-state index is -0.466. The second kappa shape index (κ2) is 11.7. The highest BCUT2D eigenvalue weighted by molar-refractivity contribution is 6.05. The lowest BCUT2D eigenvalue weighted by atomic mass is 9.99. The Morgan fingerprint density at radius 2 is 1.40 bits per heavy atom. The van der Waals surface area contributed by atoms with Crippen molar-refractivity contribution in [3.8, 4) is 33.9 Å². The predicted molar refractivity (Wildman–Crippen MR) is 164 cm³/mol. The molecular formula is C33H27N5O4. The Morgan fingerprint density at radius 1 is 0.738 bits per heavy atom. The molecule has 0 aliphatic heterocycles. The summed E-state index contributed by atoms with van der Waals surface area (Å²) < 4.78 is 6.28. The van der Waals surface area contributed by atoms with Crippen LogP contribution in [-0.2, 0) is 6.42 Å². The Hall–Kier alpha value is -5.83. The van der Waals surface area contributed by atoms with E-state index in [9.17, 15) is 15.0 Å². The van der Waals surface area contributed by atoms with Crippen LogP contribution in [0.4, 0.5) is 22.0 Å². The summed E-state index contributed by atoms with van der Waals surface area (Å²) in [4.78, 5) is 21.3. The van der Waals surface area contributed by atoms with Crippen LogP contribution in [0.1, 0.15) is 5.56 Å². The second-order valence-corrected chi connectivity index (χ2v) is 9.60. The van der Waals surface area contributed by atoms with Gasteiger partial charge in [0.25, 0.3) is 0 Å². The van der Waals surface area contributed by atoms with Crippen molar-refractivity contribution in [2.24, 2.45) is 0 Å². The van der Waals surface area contributed by atoms with Crippen molar-refractivity contribution in [2.45, 2.75) is 6.42 Å². The van der Waals surface area contributed by atoms with Crippen molar-refractivity contribution in [3.05, 3.63) is 115 Å². The number of anilines is 3. The molecule has 2 aromatic heterocycles. The van der Waals surface area contributed by atoms with E-state index in [1.807, 2.05) is 72.8 Å². The minimum Gasteiger partial charge on any atom is -0.504 e. The van der Waals surface area contributed by atoms with Gasteiger partial charge in [-0.2, -0.15) is 0 Å². The first-order valence-electron chi connectivity index (χ1n) is 13.4. The van der Waals surface area contributed by atoms with Crippen molar-refractivity contribution in [1.82, 2.24) is 9.97 Å². The highest BCUT2D eigenvalue weighted by Gasteiger charge is 2.21. The Labute approximate surface area is 241 Å². The van der Waals surface area contributed by atoms with E-state index in [-0.39, 0.29) is 11.5 Å². The lowest BCUT2D eigenvalue weighted by Gasteiger charge is -2.10. The number of fused-ring (bicyclic) bond motifs is 1. The summed E-state index contributed by atoms with van der Waals surface area (Å²) in [6.45, 7) is 0.615. The number of urea groups is 1. The minimum absolute atomic E-state index is 0.256. The molecule has 0 aliphatic rings. The van der Waals surface area contributed by atoms with Gasteiger partial charge < -0.3 is 30.6 Å². The van der Waals surface area contributed by atoms with E-state index in [0.717, 1.165) is 39.8 Å². The lowest BCUT2D eigenvalue weighted by molar-refractivity contribution is 0.262. The van der Waals surface area contributed by atoms with Crippen LogP contribution in [0, 0.1) is 0 Å². The topological polar surface area (TPSA) is 133 Å². The summed E-state index contributed by atoms with van der Waals surface area (Å²) in [5.74, 6) is 0.873. The van der Waals surface area contributed by atoms with Crippen molar-refractivity contribution >= 4 is 34.3 Å². The molecule has 0 aliphatic carbocycles. The van der Waals surface area contributed by atoms with Gasteiger partial charge in [0, 0.05) is 35.1 Å². The Balaban J connectivity index is 1.15. The smallest absolute Gasteiger partial charge is 0.323 e. The number of phenols is 2. The first-order chi connectivity index (χ1) is 20.5. The molecule has 0 fully saturated rings. The Kier molecular flexibility index (Phi) is 7.37. The third-order valence-electron chi connectivity index (χ3n) is 6.74. The van der Waals surface area contributed by atoms with Crippen molar-refractivity contribution in [2.75, 3.05) is 22.5 Å². The molecule has 9 nitrogen and oxygen atoms in total. The number of carbonyl (C=O) groups excluding carboxylic acids is 1. The van der Waals surface area contributed by atoms with Gasteiger partial charge in [0.05, 0.1) is 5.39 Å². The molecule has 0 saturated carbocycles. The molecule has 0 saturated heterocycles. The third-order valence-corrected chi connectivity index (χ3v) is 6.74. The monoisotopic (exact) mass is 557 g/mol. The maximum Gasteiger partial charge on any atom is 0.323 e. The predicted octanol–water partition coefficient (Wildman–Crippen LogP) is 7.27. The number of benzene rings is 4. The zero-order chi connectivity index (χ0) is 28.9. The van der Waals surface area contributed by atoms with Crippen LogP contribution in [-0.4, -0.2) is 32.8 Å². The molecule has 6 aromatic rings. The van der Waals surface area contributed by atoms with E-state index in [4.69, 9.17) is 4.42 Å². The largest absolute Gasteiger partial charge is 0.504 e. The number of hydrogen-bond acceptors (Lipinski definition) is 7. The summed E-state index contributed by atoms with van der Waals surface area (Å²) in [6, 6.07) is 31.2. The summed E-state index contributed by atoms with van der Waals surface area (Å²) in [6.07, 6.45) is 2.22. The van der Waals surface area contributed by atoms with Gasteiger partial charge in [-0.3, -0.25) is 0 Å². The number of amides is 2. The van der Waals surface area contributed by atoms with E-state index >= 15 is 0 Å². The number of furan rings is 1. The molecule has 0 spiro atoms. The SMILES string of the molecule is O=C(Nc1ccc(CCNc2ncnc3oc(-c4ccccc4)c(-c4ccccc4)c23)cc1)Nc1ccc(O)c(O)c1. The summed E-state index contributed by atoms with van der Waals surface area (Å²) in [5, 5.41) is 28.7. The van der Waals surface area contributed by atoms with Gasteiger partial charge in [-0.25, -0.2) is 14.8 Å². The maximum absolute atomic E-state index is 12.3. The number of rotatable bonds is 8. The number of nitrogens with one attached hydrogen (secondary N) is 3. The molecule has 0 bridgehead atoms. The molecular weight excluding hydrogens is 530 g/mol. The standard InChI is InChI=1S/C33H27N5O4/c39-26-16-15-25(19-27(26)40)38-33(41)37-24-13-11-21(12-14-24)17-18-34-31-29-28(22-7-3-1-4-8-22)30(23-9-5-2-6-10-23)42-32(29)36-20-35-31/h1-16,19-20,39-40H,17-18H2,(H,34,35,36)(H2,37,38,41). The Morgan fingerprint density at radius 3 is 2.12 bits per heavy atom. The first kappa shape index (κ1) is 26.4. The van der Waals surface area contributed by atoms with Gasteiger partial charge in [0.1, 0.15) is 17.9 Å². The fourth-order valence-corrected chi connectivity index (χ4v) is 4.72. The molecule has 208 valence electrons. The van der Waals surface area contributed by atoms with Gasteiger partial charge in [0.15, 0.2) is 11.5 Å². The average Bonchev–Trinajstić information content (AvgIpc) is 3.41. The Bertz CT molecular complexity index is 1840.